The number of carbonyl (C=O) groups is 1. The van der Waals surface area contributed by atoms with Crippen LogP contribution in [-0.4, -0.2) is 29.8 Å². The van der Waals surface area contributed by atoms with Crippen LogP contribution in [0.25, 0.3) is 10.9 Å². The molecule has 0 bridgehead atoms. The Labute approximate surface area is 98.8 Å². The van der Waals surface area contributed by atoms with E-state index in [9.17, 15) is 4.79 Å². The average molecular weight is 231 g/mol. The summed E-state index contributed by atoms with van der Waals surface area (Å²) in [5.74, 6) is -0.233. The first-order valence-corrected chi connectivity index (χ1v) is 5.32. The Morgan fingerprint density at radius 1 is 1.41 bits per heavy atom. The lowest BCUT2D eigenvalue weighted by molar-refractivity contribution is -0.140. The molecule has 0 radical (unpaired) electrons. The van der Waals surface area contributed by atoms with Crippen molar-refractivity contribution >= 4 is 22.6 Å². The number of methoxy groups -OCH3 is 1. The second-order valence-electron chi connectivity index (χ2n) is 3.53. The molecule has 5 heteroatoms. The quantitative estimate of drug-likeness (QED) is 0.810. The predicted octanol–water partition coefficient (Wildman–Crippen LogP) is 1.60. The molecule has 0 aliphatic carbocycles. The maximum Gasteiger partial charge on any atom is 0.307 e. The standard InChI is InChI=1S/C12H13N3O2/c1-17-12(16)6-7-13-11-8-14-15-10-5-3-2-4-9(10)11/h2-5,8H,6-7H2,1H3,(H,13,15). The molecule has 1 heterocycles. The van der Waals surface area contributed by atoms with Gasteiger partial charge in [-0.15, -0.1) is 0 Å². The number of fused-ring (bicyclic) bond motifs is 1. The number of nitrogens with zero attached hydrogens (tertiary/aromatic N) is 2. The smallest absolute Gasteiger partial charge is 0.307 e. The summed E-state index contributed by atoms with van der Waals surface area (Å²) in [5, 5.41) is 12.1. The number of benzene rings is 1. The van der Waals surface area contributed by atoms with Crippen LogP contribution in [0.15, 0.2) is 30.5 Å². The first-order valence-electron chi connectivity index (χ1n) is 5.32. The fraction of sp³-hybridized carbons (Fsp3) is 0.250. The van der Waals surface area contributed by atoms with Gasteiger partial charge in [0.1, 0.15) is 0 Å². The molecule has 0 atom stereocenters. The summed E-state index contributed by atoms with van der Waals surface area (Å²) in [5.41, 5.74) is 1.70. The van der Waals surface area contributed by atoms with E-state index < -0.39 is 0 Å². The van der Waals surface area contributed by atoms with Gasteiger partial charge in [0.2, 0.25) is 0 Å². The molecule has 1 N–H and O–H groups in total. The largest absolute Gasteiger partial charge is 0.469 e. The molecule has 0 saturated heterocycles. The van der Waals surface area contributed by atoms with Crippen molar-refractivity contribution in [3.8, 4) is 0 Å². The second-order valence-corrected chi connectivity index (χ2v) is 3.53. The highest BCUT2D eigenvalue weighted by molar-refractivity contribution is 5.90. The molecule has 1 aromatic heterocycles. The summed E-state index contributed by atoms with van der Waals surface area (Å²) in [7, 11) is 1.38. The Morgan fingerprint density at radius 3 is 3.06 bits per heavy atom. The van der Waals surface area contributed by atoms with Crippen LogP contribution in [-0.2, 0) is 9.53 Å². The van der Waals surface area contributed by atoms with Crippen molar-refractivity contribution in [3.05, 3.63) is 30.5 Å². The van der Waals surface area contributed by atoms with Gasteiger partial charge in [-0.1, -0.05) is 18.2 Å². The molecule has 2 rings (SSSR count). The number of ether oxygens (including phenoxy) is 1. The lowest BCUT2D eigenvalue weighted by atomic mass is 10.2. The number of carbonyl (C=O) groups excluding carboxylic acids is 1. The highest BCUT2D eigenvalue weighted by Gasteiger charge is 2.03. The maximum absolute atomic E-state index is 11.0. The summed E-state index contributed by atoms with van der Waals surface area (Å²) in [6, 6.07) is 7.71. The van der Waals surface area contributed by atoms with Gasteiger partial charge >= 0.3 is 5.97 Å². The van der Waals surface area contributed by atoms with E-state index >= 15 is 0 Å². The third-order valence-electron chi connectivity index (χ3n) is 2.42. The zero-order chi connectivity index (χ0) is 12.1. The molecule has 5 nitrogen and oxygen atoms in total. The van der Waals surface area contributed by atoms with Crippen molar-refractivity contribution in [1.82, 2.24) is 10.2 Å². The van der Waals surface area contributed by atoms with Crippen molar-refractivity contribution in [3.63, 3.8) is 0 Å². The van der Waals surface area contributed by atoms with E-state index in [4.69, 9.17) is 0 Å². The van der Waals surface area contributed by atoms with Crippen LogP contribution in [0.5, 0.6) is 0 Å². The summed E-state index contributed by atoms with van der Waals surface area (Å²) in [6.07, 6.45) is 1.98. The molecule has 0 aliphatic heterocycles. The highest BCUT2D eigenvalue weighted by Crippen LogP contribution is 2.19. The van der Waals surface area contributed by atoms with Crippen molar-refractivity contribution < 1.29 is 9.53 Å². The van der Waals surface area contributed by atoms with E-state index in [0.29, 0.717) is 13.0 Å². The average Bonchev–Trinajstić information content (AvgIpc) is 2.39. The third kappa shape index (κ3) is 2.69. The Balaban J connectivity index is 2.11. The fourth-order valence-corrected chi connectivity index (χ4v) is 1.55. The molecular weight excluding hydrogens is 218 g/mol. The van der Waals surface area contributed by atoms with Gasteiger partial charge in [-0.2, -0.15) is 10.2 Å². The minimum atomic E-state index is -0.233. The molecular formula is C12H13N3O2. The Kier molecular flexibility index (Phi) is 3.49. The van der Waals surface area contributed by atoms with Gasteiger partial charge in [0, 0.05) is 11.9 Å². The molecule has 2 aromatic rings. The molecule has 17 heavy (non-hydrogen) atoms. The van der Waals surface area contributed by atoms with E-state index in [2.05, 4.69) is 20.3 Å². The monoisotopic (exact) mass is 231 g/mol. The lowest BCUT2D eigenvalue weighted by Gasteiger charge is -2.07. The van der Waals surface area contributed by atoms with Crippen LogP contribution in [0, 0.1) is 0 Å². The molecule has 0 unspecified atom stereocenters. The van der Waals surface area contributed by atoms with E-state index in [1.165, 1.54) is 7.11 Å². The van der Waals surface area contributed by atoms with Gasteiger partial charge in [0.15, 0.2) is 0 Å². The second kappa shape index (κ2) is 5.25. The zero-order valence-corrected chi connectivity index (χ0v) is 9.51. The van der Waals surface area contributed by atoms with Gasteiger partial charge in [-0.05, 0) is 6.07 Å². The molecule has 0 saturated carbocycles. The SMILES string of the molecule is COC(=O)CCNc1cnnc2ccccc12. The van der Waals surface area contributed by atoms with E-state index in [0.717, 1.165) is 16.6 Å². The third-order valence-corrected chi connectivity index (χ3v) is 2.42. The van der Waals surface area contributed by atoms with E-state index in [-0.39, 0.29) is 5.97 Å². The number of nitrogens with one attached hydrogen (secondary N) is 1. The first-order chi connectivity index (χ1) is 8.31. The topological polar surface area (TPSA) is 64.1 Å². The fourth-order valence-electron chi connectivity index (χ4n) is 1.55. The van der Waals surface area contributed by atoms with E-state index in [1.807, 2.05) is 24.3 Å². The van der Waals surface area contributed by atoms with Crippen LogP contribution >= 0.6 is 0 Å². The Bertz CT molecular complexity index is 523. The molecule has 0 aliphatic rings. The predicted molar refractivity (Wildman–Crippen MR) is 64.7 cm³/mol. The van der Waals surface area contributed by atoms with Crippen molar-refractivity contribution in [2.24, 2.45) is 0 Å². The van der Waals surface area contributed by atoms with Crippen LogP contribution in [0.1, 0.15) is 6.42 Å². The summed E-state index contributed by atoms with van der Waals surface area (Å²) in [4.78, 5) is 11.0. The van der Waals surface area contributed by atoms with Crippen molar-refractivity contribution in [2.75, 3.05) is 19.0 Å². The van der Waals surface area contributed by atoms with Gasteiger partial charge in [-0.3, -0.25) is 4.79 Å². The van der Waals surface area contributed by atoms with Crippen LogP contribution < -0.4 is 5.32 Å². The van der Waals surface area contributed by atoms with Crippen molar-refractivity contribution in [2.45, 2.75) is 6.42 Å². The van der Waals surface area contributed by atoms with Crippen LogP contribution in [0.3, 0.4) is 0 Å². The molecule has 1 aromatic carbocycles. The molecule has 0 spiro atoms. The highest BCUT2D eigenvalue weighted by atomic mass is 16.5. The van der Waals surface area contributed by atoms with Crippen molar-refractivity contribution in [1.29, 1.82) is 0 Å². The minimum absolute atomic E-state index is 0.233. The summed E-state index contributed by atoms with van der Waals surface area (Å²) in [6.45, 7) is 0.516. The van der Waals surface area contributed by atoms with Gasteiger partial charge in [-0.25, -0.2) is 0 Å². The summed E-state index contributed by atoms with van der Waals surface area (Å²) < 4.78 is 4.57. The lowest BCUT2D eigenvalue weighted by Crippen LogP contribution is -2.10. The first kappa shape index (κ1) is 11.3. The van der Waals surface area contributed by atoms with Gasteiger partial charge in [0.05, 0.1) is 30.9 Å². The summed E-state index contributed by atoms with van der Waals surface area (Å²) >= 11 is 0. The van der Waals surface area contributed by atoms with E-state index in [1.54, 1.807) is 6.20 Å². The zero-order valence-electron chi connectivity index (χ0n) is 9.51. The number of anilines is 1. The molecule has 88 valence electrons. The molecule has 0 fully saturated rings. The maximum atomic E-state index is 11.0. The van der Waals surface area contributed by atoms with Crippen LogP contribution in [0.4, 0.5) is 5.69 Å². The Hall–Kier alpha value is -2.17. The molecule has 0 amide bonds. The number of rotatable bonds is 4. The minimum Gasteiger partial charge on any atom is -0.469 e. The number of hydrogen-bond donors (Lipinski definition) is 1. The van der Waals surface area contributed by atoms with Gasteiger partial charge < -0.3 is 10.1 Å². The number of aromatic nitrogens is 2. The number of esters is 1. The van der Waals surface area contributed by atoms with Crippen LogP contribution in [0.2, 0.25) is 0 Å². The normalized spacial score (nSPS) is 10.2. The number of hydrogen-bond acceptors (Lipinski definition) is 5. The Morgan fingerprint density at radius 2 is 2.24 bits per heavy atom. The van der Waals surface area contributed by atoms with Gasteiger partial charge in [0.25, 0.3) is 0 Å².